The van der Waals surface area contributed by atoms with E-state index < -0.39 is 5.97 Å². The van der Waals surface area contributed by atoms with Gasteiger partial charge in [0.1, 0.15) is 12.4 Å². The smallest absolute Gasteiger partial charge is 0.337 e. The summed E-state index contributed by atoms with van der Waals surface area (Å²) in [6, 6.07) is 15.0. The van der Waals surface area contributed by atoms with Crippen molar-refractivity contribution in [2.45, 2.75) is 32.4 Å². The SMILES string of the molecule is COC(=O)c1ccc(OCc2ccccc2)c(NC(=O)[C@H]2CCN[C@@H](C)C2)c1.Cl. The number of piperidine rings is 1. The number of hydrogen-bond donors (Lipinski definition) is 2. The van der Waals surface area contributed by atoms with Crippen LogP contribution in [0.3, 0.4) is 0 Å². The normalized spacial score (nSPS) is 18.3. The zero-order chi connectivity index (χ0) is 19.9. The van der Waals surface area contributed by atoms with Gasteiger partial charge in [-0.2, -0.15) is 0 Å². The number of ether oxygens (including phenoxy) is 2. The molecule has 0 bridgehead atoms. The molecule has 2 N–H and O–H groups in total. The molecule has 0 spiro atoms. The molecule has 1 saturated heterocycles. The predicted molar refractivity (Wildman–Crippen MR) is 115 cm³/mol. The maximum atomic E-state index is 12.8. The fourth-order valence-corrected chi connectivity index (χ4v) is 3.34. The van der Waals surface area contributed by atoms with E-state index in [9.17, 15) is 9.59 Å². The summed E-state index contributed by atoms with van der Waals surface area (Å²) < 4.78 is 10.7. The molecule has 29 heavy (non-hydrogen) atoms. The van der Waals surface area contributed by atoms with E-state index in [1.54, 1.807) is 18.2 Å². The molecule has 7 heteroatoms. The molecule has 1 amide bonds. The van der Waals surface area contributed by atoms with Crippen LogP contribution < -0.4 is 15.4 Å². The second-order valence-electron chi connectivity index (χ2n) is 7.04. The standard InChI is InChI=1S/C22H26N2O4.ClH/c1-15-12-17(10-11-23-15)21(25)24-19-13-18(22(26)27-2)8-9-20(19)28-14-16-6-4-3-5-7-16;/h3-9,13,15,17,23H,10-12,14H2,1-2H3,(H,24,25);1H/t15-,17-;/m0./s1. The molecule has 1 heterocycles. The lowest BCUT2D eigenvalue weighted by molar-refractivity contribution is -0.120. The van der Waals surface area contributed by atoms with Crippen LogP contribution >= 0.6 is 12.4 Å². The van der Waals surface area contributed by atoms with Crippen molar-refractivity contribution in [1.82, 2.24) is 5.32 Å². The molecular formula is C22H27ClN2O4. The third kappa shape index (κ3) is 6.21. The zero-order valence-corrected chi connectivity index (χ0v) is 17.5. The molecule has 2 aromatic carbocycles. The summed E-state index contributed by atoms with van der Waals surface area (Å²) >= 11 is 0. The number of benzene rings is 2. The molecule has 6 nitrogen and oxygen atoms in total. The van der Waals surface area contributed by atoms with Crippen LogP contribution in [-0.4, -0.2) is 31.6 Å². The third-order valence-electron chi connectivity index (χ3n) is 4.89. The number of halogens is 1. The number of hydrogen-bond acceptors (Lipinski definition) is 5. The van der Waals surface area contributed by atoms with Crippen molar-refractivity contribution in [3.63, 3.8) is 0 Å². The predicted octanol–water partition coefficient (Wildman–Crippen LogP) is 3.80. The molecule has 0 aromatic heterocycles. The number of methoxy groups -OCH3 is 1. The molecule has 1 aliphatic heterocycles. The van der Waals surface area contributed by atoms with Gasteiger partial charge in [0.2, 0.25) is 5.91 Å². The molecule has 0 radical (unpaired) electrons. The van der Waals surface area contributed by atoms with Crippen molar-refractivity contribution in [2.24, 2.45) is 5.92 Å². The first kappa shape index (κ1) is 22.7. The van der Waals surface area contributed by atoms with Gasteiger partial charge in [0.05, 0.1) is 18.4 Å². The van der Waals surface area contributed by atoms with E-state index in [0.717, 1.165) is 24.9 Å². The van der Waals surface area contributed by atoms with Gasteiger partial charge in [-0.25, -0.2) is 4.79 Å². The Labute approximate surface area is 177 Å². The lowest BCUT2D eigenvalue weighted by Gasteiger charge is -2.27. The van der Waals surface area contributed by atoms with Gasteiger partial charge in [-0.05, 0) is 50.1 Å². The first-order valence-electron chi connectivity index (χ1n) is 9.50. The molecule has 1 aliphatic rings. The van der Waals surface area contributed by atoms with E-state index in [0.29, 0.717) is 29.6 Å². The monoisotopic (exact) mass is 418 g/mol. The molecular weight excluding hydrogens is 392 g/mol. The number of carbonyl (C=O) groups excluding carboxylic acids is 2. The van der Waals surface area contributed by atoms with Crippen molar-refractivity contribution in [3.8, 4) is 5.75 Å². The summed E-state index contributed by atoms with van der Waals surface area (Å²) in [5.41, 5.74) is 1.86. The van der Waals surface area contributed by atoms with Crippen LogP contribution in [0.25, 0.3) is 0 Å². The van der Waals surface area contributed by atoms with Crippen LogP contribution in [0.15, 0.2) is 48.5 Å². The van der Waals surface area contributed by atoms with Gasteiger partial charge in [-0.15, -0.1) is 12.4 Å². The molecule has 1 fully saturated rings. The maximum absolute atomic E-state index is 12.8. The Morgan fingerprint density at radius 1 is 1.17 bits per heavy atom. The largest absolute Gasteiger partial charge is 0.487 e. The Hall–Kier alpha value is -2.57. The highest BCUT2D eigenvalue weighted by molar-refractivity contribution is 5.97. The quantitative estimate of drug-likeness (QED) is 0.698. The average molecular weight is 419 g/mol. The van der Waals surface area contributed by atoms with Crippen LogP contribution in [-0.2, 0) is 16.1 Å². The number of nitrogens with one attached hydrogen (secondary N) is 2. The summed E-state index contributed by atoms with van der Waals surface area (Å²) in [6.07, 6.45) is 1.57. The highest BCUT2D eigenvalue weighted by Crippen LogP contribution is 2.29. The topological polar surface area (TPSA) is 76.7 Å². The number of anilines is 1. The molecule has 0 saturated carbocycles. The summed E-state index contributed by atoms with van der Waals surface area (Å²) in [4.78, 5) is 24.7. The fourth-order valence-electron chi connectivity index (χ4n) is 3.34. The number of amides is 1. The highest BCUT2D eigenvalue weighted by atomic mass is 35.5. The van der Waals surface area contributed by atoms with Gasteiger partial charge >= 0.3 is 5.97 Å². The summed E-state index contributed by atoms with van der Waals surface area (Å²) in [6.45, 7) is 3.26. The summed E-state index contributed by atoms with van der Waals surface area (Å²) in [7, 11) is 1.33. The van der Waals surface area contributed by atoms with E-state index in [2.05, 4.69) is 17.6 Å². The molecule has 2 aromatic rings. The van der Waals surface area contributed by atoms with Gasteiger partial charge in [0.25, 0.3) is 0 Å². The minimum atomic E-state index is -0.458. The minimum Gasteiger partial charge on any atom is -0.487 e. The Kier molecular flexibility index (Phi) is 8.49. The Morgan fingerprint density at radius 2 is 1.93 bits per heavy atom. The van der Waals surface area contributed by atoms with Crippen molar-refractivity contribution >= 4 is 30.0 Å². The van der Waals surface area contributed by atoms with E-state index in [1.165, 1.54) is 7.11 Å². The molecule has 156 valence electrons. The minimum absolute atomic E-state index is 0. The Bertz CT molecular complexity index is 829. The first-order chi connectivity index (χ1) is 13.6. The van der Waals surface area contributed by atoms with Gasteiger partial charge in [0, 0.05) is 12.0 Å². The fraction of sp³-hybridized carbons (Fsp3) is 0.364. The Morgan fingerprint density at radius 3 is 2.62 bits per heavy atom. The van der Waals surface area contributed by atoms with Crippen molar-refractivity contribution in [3.05, 3.63) is 59.7 Å². The van der Waals surface area contributed by atoms with Gasteiger partial charge < -0.3 is 20.1 Å². The first-order valence-corrected chi connectivity index (χ1v) is 9.50. The van der Waals surface area contributed by atoms with Crippen molar-refractivity contribution < 1.29 is 19.1 Å². The van der Waals surface area contributed by atoms with E-state index >= 15 is 0 Å². The van der Waals surface area contributed by atoms with E-state index in [4.69, 9.17) is 9.47 Å². The lowest BCUT2D eigenvalue weighted by atomic mass is 9.92. The van der Waals surface area contributed by atoms with Crippen LogP contribution in [0.1, 0.15) is 35.7 Å². The van der Waals surface area contributed by atoms with Crippen LogP contribution in [0, 0.1) is 5.92 Å². The van der Waals surface area contributed by atoms with Crippen molar-refractivity contribution in [2.75, 3.05) is 19.0 Å². The number of rotatable bonds is 6. The molecule has 3 rings (SSSR count). The second kappa shape index (κ2) is 10.8. The molecule has 2 atom stereocenters. The lowest BCUT2D eigenvalue weighted by Crippen LogP contribution is -2.40. The van der Waals surface area contributed by atoms with Gasteiger partial charge in [-0.3, -0.25) is 4.79 Å². The Balaban J connectivity index is 0.00000300. The number of carbonyl (C=O) groups is 2. The maximum Gasteiger partial charge on any atom is 0.337 e. The van der Waals surface area contributed by atoms with Crippen LogP contribution in [0.2, 0.25) is 0 Å². The van der Waals surface area contributed by atoms with Gasteiger partial charge in [0.15, 0.2) is 0 Å². The second-order valence-corrected chi connectivity index (χ2v) is 7.04. The van der Waals surface area contributed by atoms with E-state index in [-0.39, 0.29) is 24.2 Å². The highest BCUT2D eigenvalue weighted by Gasteiger charge is 2.25. The van der Waals surface area contributed by atoms with Crippen molar-refractivity contribution in [1.29, 1.82) is 0 Å². The van der Waals surface area contributed by atoms with E-state index in [1.807, 2.05) is 30.3 Å². The van der Waals surface area contributed by atoms with Crippen LogP contribution in [0.5, 0.6) is 5.75 Å². The zero-order valence-electron chi connectivity index (χ0n) is 16.6. The average Bonchev–Trinajstić information content (AvgIpc) is 2.73. The number of esters is 1. The summed E-state index contributed by atoms with van der Waals surface area (Å²) in [5, 5.41) is 6.30. The summed E-state index contributed by atoms with van der Waals surface area (Å²) in [5.74, 6) is -0.0626. The van der Waals surface area contributed by atoms with Crippen LogP contribution in [0.4, 0.5) is 5.69 Å². The molecule has 0 unspecified atom stereocenters. The third-order valence-corrected chi connectivity index (χ3v) is 4.89. The van der Waals surface area contributed by atoms with Gasteiger partial charge in [-0.1, -0.05) is 30.3 Å². The molecule has 0 aliphatic carbocycles.